The number of hydrogen-bond donors (Lipinski definition) is 2. The molecule has 7 nitrogen and oxygen atoms in total. The third-order valence-corrected chi connectivity index (χ3v) is 6.78. The summed E-state index contributed by atoms with van der Waals surface area (Å²) in [4.78, 5) is 12.3. The Morgan fingerprint density at radius 3 is 2.16 bits per heavy atom. The molecule has 0 bridgehead atoms. The highest BCUT2D eigenvalue weighted by Gasteiger charge is 2.20. The quantitative estimate of drug-likeness (QED) is 0.465. The van der Waals surface area contributed by atoms with Gasteiger partial charge in [-0.25, -0.2) is 17.6 Å². The molecule has 3 aromatic carbocycles. The maximum atomic E-state index is 13.6. The summed E-state index contributed by atoms with van der Waals surface area (Å²) < 4.78 is 45.3. The van der Waals surface area contributed by atoms with E-state index in [-0.39, 0.29) is 21.8 Å². The van der Waals surface area contributed by atoms with Gasteiger partial charge in [-0.05, 0) is 48.4 Å². The summed E-state index contributed by atoms with van der Waals surface area (Å²) in [5.74, 6) is -0.477. The SMILES string of the molecule is Cc1cc(S(=O)(=O)Nc2cc3c(cc2NCc2ccccc2)n(C)c(=O)n3C)ccc1F. The molecular weight excluding hydrogens is 431 g/mol. The summed E-state index contributed by atoms with van der Waals surface area (Å²) >= 11 is 0. The second kappa shape index (κ2) is 8.16. The number of benzene rings is 3. The Kier molecular flexibility index (Phi) is 5.52. The molecule has 4 aromatic rings. The van der Waals surface area contributed by atoms with E-state index in [0.717, 1.165) is 11.6 Å². The van der Waals surface area contributed by atoms with Gasteiger partial charge in [0.05, 0.1) is 27.3 Å². The molecule has 0 unspecified atom stereocenters. The number of aryl methyl sites for hydroxylation is 3. The van der Waals surface area contributed by atoms with Crippen LogP contribution in [0.4, 0.5) is 15.8 Å². The number of halogens is 1. The molecule has 2 N–H and O–H groups in total. The van der Waals surface area contributed by atoms with Crippen LogP contribution in [0.25, 0.3) is 11.0 Å². The van der Waals surface area contributed by atoms with E-state index in [1.807, 2.05) is 30.3 Å². The van der Waals surface area contributed by atoms with Crippen LogP contribution < -0.4 is 15.7 Å². The lowest BCUT2D eigenvalue weighted by atomic mass is 10.2. The number of anilines is 2. The highest BCUT2D eigenvalue weighted by molar-refractivity contribution is 7.92. The van der Waals surface area contributed by atoms with Crippen LogP contribution in [-0.2, 0) is 30.7 Å². The van der Waals surface area contributed by atoms with Crippen molar-refractivity contribution in [2.75, 3.05) is 10.0 Å². The second-order valence-corrected chi connectivity index (χ2v) is 9.33. The molecule has 0 spiro atoms. The van der Waals surface area contributed by atoms with E-state index < -0.39 is 15.8 Å². The van der Waals surface area contributed by atoms with Crippen molar-refractivity contribution in [3.8, 4) is 0 Å². The molecule has 0 atom stereocenters. The first-order valence-electron chi connectivity index (χ1n) is 9.93. The first-order valence-corrected chi connectivity index (χ1v) is 11.4. The molecule has 9 heteroatoms. The summed E-state index contributed by atoms with van der Waals surface area (Å²) in [5.41, 5.74) is 3.07. The smallest absolute Gasteiger partial charge is 0.328 e. The Morgan fingerprint density at radius 2 is 1.53 bits per heavy atom. The van der Waals surface area contributed by atoms with Gasteiger partial charge in [0.15, 0.2) is 0 Å². The van der Waals surface area contributed by atoms with Crippen LogP contribution >= 0.6 is 0 Å². The Bertz CT molecular complexity index is 1470. The molecule has 32 heavy (non-hydrogen) atoms. The fourth-order valence-electron chi connectivity index (χ4n) is 3.56. The van der Waals surface area contributed by atoms with Crippen molar-refractivity contribution in [3.63, 3.8) is 0 Å². The van der Waals surface area contributed by atoms with Crippen LogP contribution in [0.1, 0.15) is 11.1 Å². The number of hydrogen-bond acceptors (Lipinski definition) is 4. The minimum atomic E-state index is -3.99. The van der Waals surface area contributed by atoms with Gasteiger partial charge in [-0.15, -0.1) is 0 Å². The Balaban J connectivity index is 1.79. The predicted molar refractivity (Wildman–Crippen MR) is 124 cm³/mol. The van der Waals surface area contributed by atoms with E-state index in [4.69, 9.17) is 0 Å². The maximum Gasteiger partial charge on any atom is 0.328 e. The van der Waals surface area contributed by atoms with Gasteiger partial charge >= 0.3 is 5.69 Å². The molecule has 0 fully saturated rings. The van der Waals surface area contributed by atoms with Crippen LogP contribution in [0.15, 0.2) is 70.4 Å². The molecule has 166 valence electrons. The number of sulfonamides is 1. The van der Waals surface area contributed by atoms with E-state index in [1.165, 1.54) is 28.2 Å². The van der Waals surface area contributed by atoms with E-state index >= 15 is 0 Å². The van der Waals surface area contributed by atoms with Gasteiger partial charge in [-0.3, -0.25) is 13.9 Å². The fraction of sp³-hybridized carbons (Fsp3) is 0.174. The second-order valence-electron chi connectivity index (χ2n) is 7.64. The van der Waals surface area contributed by atoms with Gasteiger partial charge in [-0.2, -0.15) is 0 Å². The van der Waals surface area contributed by atoms with Crippen molar-refractivity contribution in [1.82, 2.24) is 9.13 Å². The summed E-state index contributed by atoms with van der Waals surface area (Å²) in [6, 6.07) is 16.7. The minimum absolute atomic E-state index is 0.0487. The number of rotatable bonds is 6. The van der Waals surface area contributed by atoms with Crippen molar-refractivity contribution in [1.29, 1.82) is 0 Å². The first-order chi connectivity index (χ1) is 15.2. The molecule has 0 radical (unpaired) electrons. The van der Waals surface area contributed by atoms with Gasteiger partial charge in [0.25, 0.3) is 10.0 Å². The Morgan fingerprint density at radius 1 is 0.906 bits per heavy atom. The molecule has 0 amide bonds. The van der Waals surface area contributed by atoms with Gasteiger partial charge < -0.3 is 5.32 Å². The maximum absolute atomic E-state index is 13.6. The average Bonchev–Trinajstić information content (AvgIpc) is 2.98. The molecule has 1 aromatic heterocycles. The zero-order valence-corrected chi connectivity index (χ0v) is 18.7. The first kappa shape index (κ1) is 21.6. The highest BCUT2D eigenvalue weighted by Crippen LogP contribution is 2.30. The van der Waals surface area contributed by atoms with Gasteiger partial charge in [0, 0.05) is 20.6 Å². The van der Waals surface area contributed by atoms with E-state index in [1.54, 1.807) is 26.2 Å². The number of fused-ring (bicyclic) bond motifs is 1. The van der Waals surface area contributed by atoms with Crippen LogP contribution in [0.2, 0.25) is 0 Å². The lowest BCUT2D eigenvalue weighted by molar-refractivity contribution is 0.598. The van der Waals surface area contributed by atoms with E-state index in [2.05, 4.69) is 10.0 Å². The van der Waals surface area contributed by atoms with Crippen LogP contribution in [0, 0.1) is 12.7 Å². The molecule has 0 aliphatic rings. The zero-order chi connectivity index (χ0) is 23.0. The summed E-state index contributed by atoms with van der Waals surface area (Å²) in [7, 11) is -0.702. The van der Waals surface area contributed by atoms with E-state index in [0.29, 0.717) is 23.3 Å². The molecular formula is C23H23FN4O3S. The molecule has 0 saturated carbocycles. The van der Waals surface area contributed by atoms with Crippen molar-refractivity contribution >= 4 is 32.4 Å². The van der Waals surface area contributed by atoms with Crippen molar-refractivity contribution in [2.45, 2.75) is 18.4 Å². The highest BCUT2D eigenvalue weighted by atomic mass is 32.2. The standard InChI is InChI=1S/C23H23FN4O3S/c1-15-11-17(9-10-18(15)24)32(30,31)26-20-13-22-21(27(2)23(29)28(22)3)12-19(20)25-14-16-7-5-4-6-8-16/h4-13,25-26H,14H2,1-3H3. The largest absolute Gasteiger partial charge is 0.379 e. The predicted octanol–water partition coefficient (Wildman–Crippen LogP) is 3.74. The van der Waals surface area contributed by atoms with Crippen molar-refractivity contribution in [2.24, 2.45) is 14.1 Å². The fourth-order valence-corrected chi connectivity index (χ4v) is 4.71. The van der Waals surface area contributed by atoms with Crippen molar-refractivity contribution < 1.29 is 12.8 Å². The van der Waals surface area contributed by atoms with Crippen LogP contribution in [0.3, 0.4) is 0 Å². The Hall–Kier alpha value is -3.59. The lowest BCUT2D eigenvalue weighted by Crippen LogP contribution is -2.19. The van der Waals surface area contributed by atoms with Gasteiger partial charge in [-0.1, -0.05) is 30.3 Å². The third kappa shape index (κ3) is 3.99. The van der Waals surface area contributed by atoms with Crippen LogP contribution in [0.5, 0.6) is 0 Å². The molecule has 0 aliphatic carbocycles. The average molecular weight is 455 g/mol. The Labute approximate surface area is 185 Å². The molecule has 1 heterocycles. The van der Waals surface area contributed by atoms with E-state index in [9.17, 15) is 17.6 Å². The summed E-state index contributed by atoms with van der Waals surface area (Å²) in [6.45, 7) is 1.96. The lowest BCUT2D eigenvalue weighted by Gasteiger charge is -2.16. The molecule has 0 aliphatic heterocycles. The topological polar surface area (TPSA) is 85.1 Å². The molecule has 4 rings (SSSR count). The number of nitrogens with zero attached hydrogens (tertiary/aromatic N) is 2. The minimum Gasteiger partial charge on any atom is -0.379 e. The number of nitrogens with one attached hydrogen (secondary N) is 2. The number of aromatic nitrogens is 2. The number of imidazole rings is 1. The molecule has 0 saturated heterocycles. The third-order valence-electron chi connectivity index (χ3n) is 5.42. The monoisotopic (exact) mass is 454 g/mol. The van der Waals surface area contributed by atoms with Gasteiger partial charge in [0.1, 0.15) is 5.82 Å². The van der Waals surface area contributed by atoms with Gasteiger partial charge in [0.2, 0.25) is 0 Å². The summed E-state index contributed by atoms with van der Waals surface area (Å²) in [5, 5.41) is 3.26. The zero-order valence-electron chi connectivity index (χ0n) is 17.9. The summed E-state index contributed by atoms with van der Waals surface area (Å²) in [6.07, 6.45) is 0. The van der Waals surface area contributed by atoms with Crippen molar-refractivity contribution in [3.05, 3.63) is 88.1 Å². The van der Waals surface area contributed by atoms with Crippen LogP contribution in [-0.4, -0.2) is 17.6 Å². The normalized spacial score (nSPS) is 11.6.